The molecule has 102 valence electrons. The van der Waals surface area contributed by atoms with E-state index in [1.807, 2.05) is 39.0 Å². The second-order valence-electron chi connectivity index (χ2n) is 4.78. The summed E-state index contributed by atoms with van der Waals surface area (Å²) in [6, 6.07) is 5.82. The van der Waals surface area contributed by atoms with Crippen molar-refractivity contribution in [2.45, 2.75) is 32.9 Å². The van der Waals surface area contributed by atoms with Gasteiger partial charge in [0.15, 0.2) is 11.5 Å². The van der Waals surface area contributed by atoms with Crippen molar-refractivity contribution in [2.24, 2.45) is 0 Å². The molecule has 1 aromatic rings. The second-order valence-corrected chi connectivity index (χ2v) is 4.78. The van der Waals surface area contributed by atoms with Crippen LogP contribution in [0.3, 0.4) is 0 Å². The Hall–Kier alpha value is -1.26. The Kier molecular flexibility index (Phi) is 5.44. The van der Waals surface area contributed by atoms with Crippen LogP contribution in [0, 0.1) is 0 Å². The number of ether oxygens (including phenoxy) is 2. The molecule has 0 unspecified atom stereocenters. The summed E-state index contributed by atoms with van der Waals surface area (Å²) in [5, 5.41) is 12.5. The molecule has 1 rings (SSSR count). The number of para-hydroxylation sites is 1. The Morgan fingerprint density at radius 1 is 1.33 bits per heavy atom. The summed E-state index contributed by atoms with van der Waals surface area (Å²) < 4.78 is 10.9. The van der Waals surface area contributed by atoms with E-state index in [1.165, 1.54) is 0 Å². The van der Waals surface area contributed by atoms with E-state index >= 15 is 0 Å². The minimum absolute atomic E-state index is 0.0838. The summed E-state index contributed by atoms with van der Waals surface area (Å²) in [4.78, 5) is 0. The van der Waals surface area contributed by atoms with Crippen molar-refractivity contribution in [3.05, 3.63) is 23.8 Å². The molecule has 0 radical (unpaired) electrons. The van der Waals surface area contributed by atoms with Gasteiger partial charge >= 0.3 is 0 Å². The van der Waals surface area contributed by atoms with Gasteiger partial charge in [0.25, 0.3) is 0 Å². The van der Waals surface area contributed by atoms with Crippen LogP contribution in [-0.4, -0.2) is 31.0 Å². The molecule has 0 saturated carbocycles. The molecule has 1 aromatic carbocycles. The Morgan fingerprint density at radius 2 is 2.06 bits per heavy atom. The molecule has 0 heterocycles. The van der Waals surface area contributed by atoms with E-state index in [0.717, 1.165) is 17.1 Å². The molecule has 0 fully saturated rings. The highest BCUT2D eigenvalue weighted by Gasteiger charge is 2.17. The third-order valence-corrected chi connectivity index (χ3v) is 2.72. The highest BCUT2D eigenvalue weighted by atomic mass is 16.5. The molecule has 0 aliphatic carbocycles. The van der Waals surface area contributed by atoms with Crippen LogP contribution >= 0.6 is 0 Å². The van der Waals surface area contributed by atoms with Gasteiger partial charge in [-0.3, -0.25) is 0 Å². The summed E-state index contributed by atoms with van der Waals surface area (Å²) in [7, 11) is 1.64. The van der Waals surface area contributed by atoms with Crippen LogP contribution < -0.4 is 14.8 Å². The van der Waals surface area contributed by atoms with Crippen LogP contribution in [0.5, 0.6) is 11.5 Å². The fraction of sp³-hybridized carbons (Fsp3) is 0.571. The number of nitrogens with one attached hydrogen (secondary N) is 1. The summed E-state index contributed by atoms with van der Waals surface area (Å²) in [5.74, 6) is 1.50. The van der Waals surface area contributed by atoms with Crippen LogP contribution in [-0.2, 0) is 6.54 Å². The minimum atomic E-state index is -0.313. The first kappa shape index (κ1) is 14.8. The molecule has 0 aromatic heterocycles. The van der Waals surface area contributed by atoms with E-state index in [2.05, 4.69) is 5.32 Å². The monoisotopic (exact) mass is 253 g/mol. The average Bonchev–Trinajstić information content (AvgIpc) is 2.37. The standard InChI is InChI=1S/C14H23NO3/c1-5-18-12-8-6-7-11(13(12)17-4)9-15-14(2,3)10-16/h6-8,15-16H,5,9-10H2,1-4H3. The lowest BCUT2D eigenvalue weighted by atomic mass is 10.1. The van der Waals surface area contributed by atoms with Gasteiger partial charge in [-0.2, -0.15) is 0 Å². The topological polar surface area (TPSA) is 50.7 Å². The molecule has 4 nitrogen and oxygen atoms in total. The van der Waals surface area contributed by atoms with Gasteiger partial charge in [0, 0.05) is 17.6 Å². The van der Waals surface area contributed by atoms with E-state index in [1.54, 1.807) is 7.11 Å². The van der Waals surface area contributed by atoms with Crippen LogP contribution in [0.2, 0.25) is 0 Å². The number of rotatable bonds is 7. The van der Waals surface area contributed by atoms with Crippen LogP contribution in [0.1, 0.15) is 26.3 Å². The SMILES string of the molecule is CCOc1cccc(CNC(C)(C)CO)c1OC. The number of aliphatic hydroxyl groups excluding tert-OH is 1. The lowest BCUT2D eigenvalue weighted by Gasteiger charge is -2.24. The summed E-state index contributed by atoms with van der Waals surface area (Å²) in [5.41, 5.74) is 0.706. The van der Waals surface area contributed by atoms with Crippen molar-refractivity contribution in [3.63, 3.8) is 0 Å². The molecule has 0 amide bonds. The second kappa shape index (κ2) is 6.61. The average molecular weight is 253 g/mol. The minimum Gasteiger partial charge on any atom is -0.493 e. The van der Waals surface area contributed by atoms with Gasteiger partial charge in [-0.1, -0.05) is 12.1 Å². The molecule has 18 heavy (non-hydrogen) atoms. The first-order valence-electron chi connectivity index (χ1n) is 6.18. The number of benzene rings is 1. The van der Waals surface area contributed by atoms with E-state index in [-0.39, 0.29) is 12.1 Å². The van der Waals surface area contributed by atoms with E-state index in [9.17, 15) is 5.11 Å². The number of hydrogen-bond donors (Lipinski definition) is 2. The lowest BCUT2D eigenvalue weighted by molar-refractivity contribution is 0.187. The molecule has 0 atom stereocenters. The number of methoxy groups -OCH3 is 1. The zero-order chi connectivity index (χ0) is 13.6. The zero-order valence-electron chi connectivity index (χ0n) is 11.6. The molecule has 0 aliphatic heterocycles. The zero-order valence-corrected chi connectivity index (χ0v) is 11.6. The third-order valence-electron chi connectivity index (χ3n) is 2.72. The van der Waals surface area contributed by atoms with E-state index < -0.39 is 0 Å². The highest BCUT2D eigenvalue weighted by molar-refractivity contribution is 5.46. The lowest BCUT2D eigenvalue weighted by Crippen LogP contribution is -2.42. The van der Waals surface area contributed by atoms with Crippen LogP contribution in [0.4, 0.5) is 0 Å². The van der Waals surface area contributed by atoms with Gasteiger partial charge in [-0.15, -0.1) is 0 Å². The van der Waals surface area contributed by atoms with Crippen molar-refractivity contribution in [1.29, 1.82) is 0 Å². The van der Waals surface area contributed by atoms with Gasteiger partial charge < -0.3 is 19.9 Å². The first-order valence-corrected chi connectivity index (χ1v) is 6.18. The van der Waals surface area contributed by atoms with Gasteiger partial charge in [0.2, 0.25) is 0 Å². The summed E-state index contributed by atoms with van der Waals surface area (Å²) in [6.45, 7) is 7.16. The first-order chi connectivity index (χ1) is 8.54. The van der Waals surface area contributed by atoms with Crippen molar-refractivity contribution in [2.75, 3.05) is 20.3 Å². The fourth-order valence-electron chi connectivity index (χ4n) is 1.59. The van der Waals surface area contributed by atoms with Crippen molar-refractivity contribution in [1.82, 2.24) is 5.32 Å². The van der Waals surface area contributed by atoms with Crippen molar-refractivity contribution < 1.29 is 14.6 Å². The predicted octanol–water partition coefficient (Wildman–Crippen LogP) is 1.95. The van der Waals surface area contributed by atoms with Gasteiger partial charge in [0.05, 0.1) is 20.3 Å². The normalized spacial score (nSPS) is 11.4. The predicted molar refractivity (Wildman–Crippen MR) is 72.2 cm³/mol. The molecular formula is C14H23NO3. The Bertz CT molecular complexity index is 377. The van der Waals surface area contributed by atoms with Gasteiger partial charge in [0.1, 0.15) is 0 Å². The Labute approximate surface area is 109 Å². The maximum Gasteiger partial charge on any atom is 0.165 e. The summed E-state index contributed by atoms with van der Waals surface area (Å²) >= 11 is 0. The maximum atomic E-state index is 9.22. The number of aliphatic hydroxyl groups is 1. The molecule has 0 spiro atoms. The molecule has 0 saturated heterocycles. The molecule has 2 N–H and O–H groups in total. The van der Waals surface area contributed by atoms with Crippen molar-refractivity contribution in [3.8, 4) is 11.5 Å². The van der Waals surface area contributed by atoms with Crippen LogP contribution in [0.25, 0.3) is 0 Å². The molecule has 4 heteroatoms. The maximum absolute atomic E-state index is 9.22. The fourth-order valence-corrected chi connectivity index (χ4v) is 1.59. The largest absolute Gasteiger partial charge is 0.493 e. The third kappa shape index (κ3) is 3.89. The molecule has 0 aliphatic rings. The quantitative estimate of drug-likeness (QED) is 0.780. The van der Waals surface area contributed by atoms with E-state index in [0.29, 0.717) is 13.2 Å². The highest BCUT2D eigenvalue weighted by Crippen LogP contribution is 2.31. The van der Waals surface area contributed by atoms with Crippen LogP contribution in [0.15, 0.2) is 18.2 Å². The van der Waals surface area contributed by atoms with Gasteiger partial charge in [-0.25, -0.2) is 0 Å². The smallest absolute Gasteiger partial charge is 0.165 e. The molecule has 0 bridgehead atoms. The van der Waals surface area contributed by atoms with E-state index in [4.69, 9.17) is 9.47 Å². The van der Waals surface area contributed by atoms with Crippen molar-refractivity contribution >= 4 is 0 Å². The number of hydrogen-bond acceptors (Lipinski definition) is 4. The Balaban J connectivity index is 2.85. The Morgan fingerprint density at radius 3 is 2.61 bits per heavy atom. The molecular weight excluding hydrogens is 230 g/mol. The van der Waals surface area contributed by atoms with Gasteiger partial charge in [-0.05, 0) is 26.8 Å². The summed E-state index contributed by atoms with van der Waals surface area (Å²) in [6.07, 6.45) is 0.